The molecular formula is C8H9N2+. The van der Waals surface area contributed by atoms with Crippen molar-refractivity contribution in [1.82, 2.24) is 4.98 Å². The summed E-state index contributed by atoms with van der Waals surface area (Å²) in [6.07, 6.45) is 3.94. The maximum absolute atomic E-state index is 3.14. The van der Waals surface area contributed by atoms with Crippen LogP contribution in [0.1, 0.15) is 5.69 Å². The number of H-pyrrole nitrogens is 2. The summed E-state index contributed by atoms with van der Waals surface area (Å²) in [6, 6.07) is 4.14. The zero-order valence-corrected chi connectivity index (χ0v) is 5.81. The molecule has 0 aliphatic carbocycles. The molecule has 10 heavy (non-hydrogen) atoms. The van der Waals surface area contributed by atoms with Crippen LogP contribution in [-0.2, 0) is 0 Å². The van der Waals surface area contributed by atoms with Gasteiger partial charge in [0.2, 0.25) is 0 Å². The van der Waals surface area contributed by atoms with Crippen LogP contribution in [0.3, 0.4) is 0 Å². The van der Waals surface area contributed by atoms with Crippen LogP contribution in [0, 0.1) is 6.92 Å². The Labute approximate surface area is 58.9 Å². The Kier molecular flexibility index (Phi) is 1.01. The molecule has 2 rings (SSSR count). The third kappa shape index (κ3) is 0.692. The summed E-state index contributed by atoms with van der Waals surface area (Å²) >= 11 is 0. The number of pyridine rings is 1. The van der Waals surface area contributed by atoms with Crippen LogP contribution in [0.2, 0.25) is 0 Å². The highest BCUT2D eigenvalue weighted by Gasteiger charge is 1.97. The molecule has 0 saturated carbocycles. The standard InChI is InChI=1S/C8H8N2/c1-6-4-8-7(5-10-6)2-3-9-8/h2-5,9H,1H3/p+1. The molecule has 2 heterocycles. The van der Waals surface area contributed by atoms with Crippen molar-refractivity contribution in [3.63, 3.8) is 0 Å². The normalized spacial score (nSPS) is 10.5. The van der Waals surface area contributed by atoms with Gasteiger partial charge in [-0.05, 0) is 6.07 Å². The Bertz CT molecular complexity index is 349. The Morgan fingerprint density at radius 1 is 1.50 bits per heavy atom. The molecule has 0 unspecified atom stereocenters. The smallest absolute Gasteiger partial charge is 0.178 e. The highest BCUT2D eigenvalue weighted by Crippen LogP contribution is 2.07. The molecule has 0 spiro atoms. The van der Waals surface area contributed by atoms with E-state index in [0.29, 0.717) is 0 Å². The SMILES string of the molecule is Cc1cc2[nH]ccc2c[nH+]1. The van der Waals surface area contributed by atoms with Gasteiger partial charge in [-0.2, -0.15) is 0 Å². The van der Waals surface area contributed by atoms with Crippen LogP contribution in [-0.4, -0.2) is 4.98 Å². The molecule has 0 aliphatic rings. The van der Waals surface area contributed by atoms with Gasteiger partial charge >= 0.3 is 0 Å². The zero-order chi connectivity index (χ0) is 6.97. The minimum atomic E-state index is 1.18. The predicted octanol–water partition coefficient (Wildman–Crippen LogP) is 1.29. The van der Waals surface area contributed by atoms with E-state index in [1.54, 1.807) is 0 Å². The van der Waals surface area contributed by atoms with Crippen LogP contribution < -0.4 is 4.98 Å². The van der Waals surface area contributed by atoms with Crippen LogP contribution >= 0.6 is 0 Å². The lowest BCUT2D eigenvalue weighted by atomic mass is 10.3. The second-order valence-electron chi connectivity index (χ2n) is 2.46. The Hall–Kier alpha value is -1.31. The average molecular weight is 133 g/mol. The van der Waals surface area contributed by atoms with E-state index in [-0.39, 0.29) is 0 Å². The highest BCUT2D eigenvalue weighted by atomic mass is 14.7. The van der Waals surface area contributed by atoms with Gasteiger partial charge in [-0.15, -0.1) is 0 Å². The Balaban J connectivity index is 2.86. The van der Waals surface area contributed by atoms with Gasteiger partial charge in [0.25, 0.3) is 0 Å². The summed E-state index contributed by atoms with van der Waals surface area (Å²) in [4.78, 5) is 6.28. The molecular weight excluding hydrogens is 124 g/mol. The molecule has 0 radical (unpaired) electrons. The molecule has 2 heteroatoms. The average Bonchev–Trinajstić information content (AvgIpc) is 2.33. The maximum atomic E-state index is 3.14. The van der Waals surface area contributed by atoms with Gasteiger partial charge < -0.3 is 4.98 Å². The van der Waals surface area contributed by atoms with Crippen molar-refractivity contribution in [3.05, 3.63) is 30.2 Å². The monoisotopic (exact) mass is 133 g/mol. The molecule has 0 atom stereocenters. The summed E-state index contributed by atoms with van der Waals surface area (Å²) in [5.74, 6) is 0. The minimum absolute atomic E-state index is 1.18. The summed E-state index contributed by atoms with van der Waals surface area (Å²) < 4.78 is 0. The summed E-state index contributed by atoms with van der Waals surface area (Å²) in [6.45, 7) is 2.04. The van der Waals surface area contributed by atoms with Crippen molar-refractivity contribution in [2.75, 3.05) is 0 Å². The molecule has 0 fully saturated rings. The van der Waals surface area contributed by atoms with Crippen LogP contribution in [0.15, 0.2) is 24.5 Å². The number of aromatic amines is 2. The van der Waals surface area contributed by atoms with E-state index in [1.807, 2.05) is 25.4 Å². The Morgan fingerprint density at radius 2 is 2.40 bits per heavy atom. The van der Waals surface area contributed by atoms with Gasteiger partial charge in [-0.25, -0.2) is 4.98 Å². The first-order chi connectivity index (χ1) is 4.86. The maximum Gasteiger partial charge on any atom is 0.178 e. The van der Waals surface area contributed by atoms with Crippen LogP contribution in [0.5, 0.6) is 0 Å². The first kappa shape index (κ1) is 5.47. The van der Waals surface area contributed by atoms with E-state index in [1.165, 1.54) is 16.6 Å². The molecule has 0 bridgehead atoms. The zero-order valence-electron chi connectivity index (χ0n) is 5.81. The van der Waals surface area contributed by atoms with Gasteiger partial charge in [0.05, 0.1) is 10.9 Å². The molecule has 0 saturated heterocycles. The molecule has 50 valence electrons. The second-order valence-corrected chi connectivity index (χ2v) is 2.46. The Morgan fingerprint density at radius 3 is 3.30 bits per heavy atom. The second kappa shape index (κ2) is 1.84. The van der Waals surface area contributed by atoms with E-state index < -0.39 is 0 Å². The number of aryl methyl sites for hydroxylation is 1. The molecule has 0 aliphatic heterocycles. The van der Waals surface area contributed by atoms with E-state index in [4.69, 9.17) is 0 Å². The summed E-state index contributed by atoms with van der Waals surface area (Å²) in [7, 11) is 0. The van der Waals surface area contributed by atoms with Crippen LogP contribution in [0.25, 0.3) is 10.9 Å². The van der Waals surface area contributed by atoms with E-state index in [9.17, 15) is 0 Å². The quantitative estimate of drug-likeness (QED) is 0.561. The third-order valence-corrected chi connectivity index (χ3v) is 1.63. The molecule has 2 N–H and O–H groups in total. The highest BCUT2D eigenvalue weighted by molar-refractivity contribution is 5.77. The number of fused-ring (bicyclic) bond motifs is 1. The van der Waals surface area contributed by atoms with Gasteiger partial charge in [-0.3, -0.25) is 0 Å². The van der Waals surface area contributed by atoms with Gasteiger partial charge in [0.15, 0.2) is 11.9 Å². The van der Waals surface area contributed by atoms with Crippen molar-refractivity contribution in [2.24, 2.45) is 0 Å². The number of hydrogen-bond acceptors (Lipinski definition) is 0. The number of rotatable bonds is 0. The van der Waals surface area contributed by atoms with Gasteiger partial charge in [0.1, 0.15) is 0 Å². The minimum Gasteiger partial charge on any atom is -0.361 e. The molecule has 0 amide bonds. The third-order valence-electron chi connectivity index (χ3n) is 1.63. The molecule has 0 aromatic carbocycles. The first-order valence-electron chi connectivity index (χ1n) is 3.32. The van der Waals surface area contributed by atoms with E-state index in [2.05, 4.69) is 16.0 Å². The predicted molar refractivity (Wildman–Crippen MR) is 39.6 cm³/mol. The lowest BCUT2D eigenvalue weighted by molar-refractivity contribution is -0.385. The molecule has 2 aromatic rings. The van der Waals surface area contributed by atoms with Crippen molar-refractivity contribution >= 4 is 10.9 Å². The number of nitrogens with one attached hydrogen (secondary N) is 2. The lowest BCUT2D eigenvalue weighted by Crippen LogP contribution is -2.04. The van der Waals surface area contributed by atoms with Crippen molar-refractivity contribution in [2.45, 2.75) is 6.92 Å². The topological polar surface area (TPSA) is 29.9 Å². The fraction of sp³-hybridized carbons (Fsp3) is 0.125. The van der Waals surface area contributed by atoms with E-state index >= 15 is 0 Å². The first-order valence-corrected chi connectivity index (χ1v) is 3.32. The lowest BCUT2D eigenvalue weighted by Gasteiger charge is -1.83. The number of hydrogen-bond donors (Lipinski definition) is 1. The van der Waals surface area contributed by atoms with Crippen molar-refractivity contribution in [1.29, 1.82) is 0 Å². The van der Waals surface area contributed by atoms with E-state index in [0.717, 1.165) is 0 Å². The van der Waals surface area contributed by atoms with Gasteiger partial charge in [0, 0.05) is 19.2 Å². The molecule has 2 aromatic heterocycles. The number of aromatic nitrogens is 2. The summed E-state index contributed by atoms with van der Waals surface area (Å²) in [5, 5.41) is 1.23. The molecule has 2 nitrogen and oxygen atoms in total. The van der Waals surface area contributed by atoms with Crippen molar-refractivity contribution < 1.29 is 4.98 Å². The fourth-order valence-electron chi connectivity index (χ4n) is 1.09. The van der Waals surface area contributed by atoms with Crippen molar-refractivity contribution in [3.8, 4) is 0 Å². The largest absolute Gasteiger partial charge is 0.361 e. The summed E-state index contributed by atoms with van der Waals surface area (Å²) in [5.41, 5.74) is 2.37. The fourth-order valence-corrected chi connectivity index (χ4v) is 1.09. The van der Waals surface area contributed by atoms with Gasteiger partial charge in [-0.1, -0.05) is 0 Å². The van der Waals surface area contributed by atoms with Crippen LogP contribution in [0.4, 0.5) is 0 Å².